The highest BCUT2D eigenvalue weighted by Crippen LogP contribution is 2.22. The van der Waals surface area contributed by atoms with Gasteiger partial charge in [-0.15, -0.1) is 0 Å². The van der Waals surface area contributed by atoms with Crippen LogP contribution in [0.4, 0.5) is 0 Å². The van der Waals surface area contributed by atoms with Gasteiger partial charge in [-0.2, -0.15) is 5.26 Å². The zero-order valence-electron chi connectivity index (χ0n) is 14.6. The Morgan fingerprint density at radius 2 is 1.67 bits per heavy atom. The van der Waals surface area contributed by atoms with Crippen molar-refractivity contribution >= 4 is 29.2 Å². The molecule has 0 saturated heterocycles. The third kappa shape index (κ3) is 4.84. The largest absolute Gasteiger partial charge is 0.423 e. The van der Waals surface area contributed by atoms with Crippen LogP contribution in [-0.4, -0.2) is 5.97 Å². The highest BCUT2D eigenvalue weighted by atomic mass is 35.5. The lowest BCUT2D eigenvalue weighted by Crippen LogP contribution is -2.08. The maximum atomic E-state index is 12.3. The summed E-state index contributed by atoms with van der Waals surface area (Å²) in [5.41, 5.74) is 3.58. The van der Waals surface area contributed by atoms with Gasteiger partial charge in [0.05, 0.1) is 17.2 Å². The van der Waals surface area contributed by atoms with Crippen LogP contribution in [0.5, 0.6) is 5.75 Å². The SMILES string of the molecule is Cc1ccc(C(=O)Oc2cccc(/C=C(/C#N)c3ccc(Cl)cc3)c2)cc1. The van der Waals surface area contributed by atoms with E-state index in [1.165, 1.54) is 0 Å². The predicted molar refractivity (Wildman–Crippen MR) is 108 cm³/mol. The Morgan fingerprint density at radius 3 is 2.33 bits per heavy atom. The van der Waals surface area contributed by atoms with E-state index < -0.39 is 5.97 Å². The molecule has 0 saturated carbocycles. The number of nitriles is 1. The fourth-order valence-corrected chi connectivity index (χ4v) is 2.63. The number of allylic oxidation sites excluding steroid dienone is 1. The van der Waals surface area contributed by atoms with Crippen LogP contribution >= 0.6 is 11.6 Å². The third-order valence-electron chi connectivity index (χ3n) is 3.94. The first-order valence-electron chi connectivity index (χ1n) is 8.32. The van der Waals surface area contributed by atoms with E-state index in [1.807, 2.05) is 25.1 Å². The fraction of sp³-hybridized carbons (Fsp3) is 0.0435. The van der Waals surface area contributed by atoms with Crippen LogP contribution in [0.25, 0.3) is 11.6 Å². The number of nitrogens with zero attached hydrogens (tertiary/aromatic N) is 1. The molecule has 0 fully saturated rings. The summed E-state index contributed by atoms with van der Waals surface area (Å²) in [7, 11) is 0. The second-order valence-electron chi connectivity index (χ2n) is 6.00. The average molecular weight is 374 g/mol. The van der Waals surface area contributed by atoms with Crippen molar-refractivity contribution in [2.75, 3.05) is 0 Å². The van der Waals surface area contributed by atoms with Crippen molar-refractivity contribution in [1.82, 2.24) is 0 Å². The lowest BCUT2D eigenvalue weighted by atomic mass is 10.0. The number of ether oxygens (including phenoxy) is 1. The zero-order valence-corrected chi connectivity index (χ0v) is 15.4. The minimum absolute atomic E-state index is 0.419. The molecule has 132 valence electrons. The summed E-state index contributed by atoms with van der Waals surface area (Å²) in [6.45, 7) is 1.96. The van der Waals surface area contributed by atoms with E-state index in [9.17, 15) is 10.1 Å². The third-order valence-corrected chi connectivity index (χ3v) is 4.19. The van der Waals surface area contributed by atoms with Crippen molar-refractivity contribution in [2.45, 2.75) is 6.92 Å². The Morgan fingerprint density at radius 1 is 1.00 bits per heavy atom. The van der Waals surface area contributed by atoms with Gasteiger partial charge in [0.25, 0.3) is 0 Å². The van der Waals surface area contributed by atoms with Crippen molar-refractivity contribution < 1.29 is 9.53 Å². The molecule has 3 aromatic carbocycles. The molecule has 0 aliphatic rings. The second-order valence-corrected chi connectivity index (χ2v) is 6.44. The van der Waals surface area contributed by atoms with E-state index in [0.29, 0.717) is 21.9 Å². The van der Waals surface area contributed by atoms with Crippen molar-refractivity contribution in [1.29, 1.82) is 5.26 Å². The minimum Gasteiger partial charge on any atom is -0.423 e. The van der Waals surface area contributed by atoms with E-state index in [4.69, 9.17) is 16.3 Å². The summed E-state index contributed by atoms with van der Waals surface area (Å²) in [4.78, 5) is 12.3. The van der Waals surface area contributed by atoms with E-state index in [-0.39, 0.29) is 0 Å². The predicted octanol–water partition coefficient (Wildman–Crippen LogP) is 5.93. The first-order chi connectivity index (χ1) is 13.0. The summed E-state index contributed by atoms with van der Waals surface area (Å²) >= 11 is 5.90. The van der Waals surface area contributed by atoms with E-state index >= 15 is 0 Å². The van der Waals surface area contributed by atoms with Crippen LogP contribution in [0, 0.1) is 18.3 Å². The number of rotatable bonds is 4. The van der Waals surface area contributed by atoms with Gasteiger partial charge in [0.1, 0.15) is 5.75 Å². The van der Waals surface area contributed by atoms with Gasteiger partial charge in [0.2, 0.25) is 0 Å². The number of carbonyl (C=O) groups excluding carboxylic acids is 1. The van der Waals surface area contributed by atoms with Gasteiger partial charge in [-0.3, -0.25) is 0 Å². The van der Waals surface area contributed by atoms with E-state index in [0.717, 1.165) is 16.7 Å². The molecule has 0 heterocycles. The molecule has 3 aromatic rings. The van der Waals surface area contributed by atoms with Crippen LogP contribution in [0.3, 0.4) is 0 Å². The number of benzene rings is 3. The molecule has 0 atom stereocenters. The second kappa shape index (κ2) is 8.35. The number of halogens is 1. The smallest absolute Gasteiger partial charge is 0.343 e. The Hall–Kier alpha value is -3.35. The van der Waals surface area contributed by atoms with Gasteiger partial charge < -0.3 is 4.74 Å². The summed E-state index contributed by atoms with van der Waals surface area (Å²) in [5.74, 6) is -0.00272. The molecule has 0 bridgehead atoms. The highest BCUT2D eigenvalue weighted by Gasteiger charge is 2.09. The molecule has 3 rings (SSSR count). The molecular weight excluding hydrogens is 358 g/mol. The first kappa shape index (κ1) is 18.4. The monoisotopic (exact) mass is 373 g/mol. The van der Waals surface area contributed by atoms with Crippen LogP contribution in [0.1, 0.15) is 27.0 Å². The molecular formula is C23H16ClNO2. The molecule has 4 heteroatoms. The molecule has 0 N–H and O–H groups in total. The van der Waals surface area contributed by atoms with E-state index in [1.54, 1.807) is 60.7 Å². The van der Waals surface area contributed by atoms with Gasteiger partial charge in [-0.25, -0.2) is 4.79 Å². The van der Waals surface area contributed by atoms with Gasteiger partial charge >= 0.3 is 5.97 Å². The van der Waals surface area contributed by atoms with E-state index in [2.05, 4.69) is 6.07 Å². The molecule has 0 aromatic heterocycles. The summed E-state index contributed by atoms with van der Waals surface area (Å²) < 4.78 is 5.45. The Kier molecular flexibility index (Phi) is 5.71. The summed E-state index contributed by atoms with van der Waals surface area (Å²) in [5, 5.41) is 10.1. The lowest BCUT2D eigenvalue weighted by Gasteiger charge is -2.06. The quantitative estimate of drug-likeness (QED) is 0.246. The number of esters is 1. The maximum Gasteiger partial charge on any atom is 0.343 e. The standard InChI is InChI=1S/C23H16ClNO2/c1-16-5-7-19(8-6-16)23(26)27-22-4-2-3-17(14-22)13-20(15-25)18-9-11-21(24)12-10-18/h2-14H,1H3/b20-13-. The Labute approximate surface area is 163 Å². The van der Waals surface area contributed by atoms with Gasteiger partial charge in [-0.1, -0.05) is 53.6 Å². The van der Waals surface area contributed by atoms with Crippen molar-refractivity contribution in [3.63, 3.8) is 0 Å². The van der Waals surface area contributed by atoms with Gasteiger partial charge in [-0.05, 0) is 60.5 Å². The van der Waals surface area contributed by atoms with Crippen LogP contribution in [-0.2, 0) is 0 Å². The van der Waals surface area contributed by atoms with Crippen molar-refractivity contribution in [3.8, 4) is 11.8 Å². The Bertz CT molecular complexity index is 1030. The maximum absolute atomic E-state index is 12.3. The van der Waals surface area contributed by atoms with Crippen LogP contribution in [0.2, 0.25) is 5.02 Å². The number of hydrogen-bond donors (Lipinski definition) is 0. The van der Waals surface area contributed by atoms with Crippen LogP contribution in [0.15, 0.2) is 72.8 Å². The summed E-state index contributed by atoms with van der Waals surface area (Å²) in [6, 6.07) is 23.5. The molecule has 0 aliphatic carbocycles. The molecule has 0 spiro atoms. The zero-order chi connectivity index (χ0) is 19.2. The number of aryl methyl sites for hydroxylation is 1. The highest BCUT2D eigenvalue weighted by molar-refractivity contribution is 6.30. The number of carbonyl (C=O) groups is 1. The molecule has 0 unspecified atom stereocenters. The van der Waals surface area contributed by atoms with Crippen molar-refractivity contribution in [2.24, 2.45) is 0 Å². The fourth-order valence-electron chi connectivity index (χ4n) is 2.50. The van der Waals surface area contributed by atoms with Crippen LogP contribution < -0.4 is 4.74 Å². The normalized spacial score (nSPS) is 10.9. The molecule has 0 amide bonds. The topological polar surface area (TPSA) is 50.1 Å². The minimum atomic E-state index is -0.422. The molecule has 0 aliphatic heterocycles. The van der Waals surface area contributed by atoms with Crippen molar-refractivity contribution in [3.05, 3.63) is 100 Å². The lowest BCUT2D eigenvalue weighted by molar-refractivity contribution is 0.0735. The first-order valence-corrected chi connectivity index (χ1v) is 8.69. The molecule has 3 nitrogen and oxygen atoms in total. The number of hydrogen-bond acceptors (Lipinski definition) is 3. The molecule has 0 radical (unpaired) electrons. The molecule has 27 heavy (non-hydrogen) atoms. The average Bonchev–Trinajstić information content (AvgIpc) is 2.68. The van der Waals surface area contributed by atoms with Gasteiger partial charge in [0, 0.05) is 5.02 Å². The Balaban J connectivity index is 1.82. The summed E-state index contributed by atoms with van der Waals surface area (Å²) in [6.07, 6.45) is 1.74. The van der Waals surface area contributed by atoms with Gasteiger partial charge in [0.15, 0.2) is 0 Å².